The number of anilines is 1. The molecule has 27 heavy (non-hydrogen) atoms. The maximum Gasteiger partial charge on any atom is 0.237 e. The normalized spacial score (nSPS) is 10.3. The van der Waals surface area contributed by atoms with E-state index in [4.69, 9.17) is 18.9 Å². The summed E-state index contributed by atoms with van der Waals surface area (Å²) >= 11 is 3.21. The van der Waals surface area contributed by atoms with Crippen molar-refractivity contribution in [3.05, 3.63) is 35.9 Å². The van der Waals surface area contributed by atoms with Gasteiger partial charge in [-0.1, -0.05) is 22.0 Å². The predicted octanol–water partition coefficient (Wildman–Crippen LogP) is 3.35. The first-order valence-corrected chi connectivity index (χ1v) is 9.13. The van der Waals surface area contributed by atoms with Crippen LogP contribution >= 0.6 is 15.9 Å². The molecular weight excluding hydrogens is 418 g/mol. The molecule has 8 heteroatoms. The van der Waals surface area contributed by atoms with E-state index in [1.54, 1.807) is 35.2 Å². The maximum absolute atomic E-state index is 12.6. The maximum atomic E-state index is 12.6. The van der Waals surface area contributed by atoms with Crippen LogP contribution in [0.1, 0.15) is 5.56 Å². The van der Waals surface area contributed by atoms with Gasteiger partial charge < -0.3 is 29.0 Å². The van der Waals surface area contributed by atoms with Crippen molar-refractivity contribution in [1.29, 1.82) is 0 Å². The van der Waals surface area contributed by atoms with Gasteiger partial charge in [0, 0.05) is 12.1 Å². The minimum Gasteiger partial charge on any atom is -0.504 e. The summed E-state index contributed by atoms with van der Waals surface area (Å²) in [4.78, 5) is 14.1. The van der Waals surface area contributed by atoms with Crippen LogP contribution in [0.3, 0.4) is 0 Å². The number of methoxy groups -OCH3 is 4. The highest BCUT2D eigenvalue weighted by Gasteiger charge is 2.21. The largest absolute Gasteiger partial charge is 0.504 e. The molecule has 2 aromatic rings. The zero-order valence-corrected chi connectivity index (χ0v) is 17.2. The van der Waals surface area contributed by atoms with Crippen molar-refractivity contribution in [2.24, 2.45) is 0 Å². The Balaban J connectivity index is 2.48. The molecule has 0 aliphatic rings. The lowest BCUT2D eigenvalue weighted by atomic mass is 10.1. The van der Waals surface area contributed by atoms with Crippen molar-refractivity contribution >= 4 is 27.5 Å². The number of alkyl halides is 1. The minimum absolute atomic E-state index is 0.00568. The van der Waals surface area contributed by atoms with Crippen LogP contribution in [-0.2, 0) is 11.3 Å². The van der Waals surface area contributed by atoms with Crippen molar-refractivity contribution < 1.29 is 28.8 Å². The standard InChI is InChI=1S/C19H22BrNO6/c1-24-15-6-5-12(7-14(15)22)11-21(18(23)10-20)13-8-16(25-2)19(27-4)17(9-13)26-3/h5-9,22H,10-11H2,1-4H3. The fraction of sp³-hybridized carbons (Fsp3) is 0.316. The summed E-state index contributed by atoms with van der Waals surface area (Å²) in [6.45, 7) is 0.237. The van der Waals surface area contributed by atoms with Gasteiger partial charge in [-0.2, -0.15) is 0 Å². The molecule has 1 amide bonds. The van der Waals surface area contributed by atoms with Gasteiger partial charge in [0.25, 0.3) is 0 Å². The molecule has 0 unspecified atom stereocenters. The number of aromatic hydroxyl groups is 1. The number of phenols is 1. The number of phenolic OH excluding ortho intramolecular Hbond substituents is 1. The van der Waals surface area contributed by atoms with E-state index >= 15 is 0 Å². The van der Waals surface area contributed by atoms with E-state index in [2.05, 4.69) is 15.9 Å². The summed E-state index contributed by atoms with van der Waals surface area (Å²) in [6.07, 6.45) is 0. The molecule has 0 heterocycles. The molecule has 0 atom stereocenters. The number of nitrogens with zero attached hydrogens (tertiary/aromatic N) is 1. The number of halogens is 1. The van der Waals surface area contributed by atoms with E-state index < -0.39 is 0 Å². The summed E-state index contributed by atoms with van der Waals surface area (Å²) < 4.78 is 21.1. The lowest BCUT2D eigenvalue weighted by Crippen LogP contribution is -2.31. The first-order chi connectivity index (χ1) is 13.0. The highest BCUT2D eigenvalue weighted by molar-refractivity contribution is 9.09. The fourth-order valence-corrected chi connectivity index (χ4v) is 2.94. The monoisotopic (exact) mass is 439 g/mol. The lowest BCUT2D eigenvalue weighted by Gasteiger charge is -2.24. The summed E-state index contributed by atoms with van der Waals surface area (Å²) in [5, 5.41) is 10.1. The summed E-state index contributed by atoms with van der Waals surface area (Å²) in [5.41, 5.74) is 1.31. The molecule has 0 fully saturated rings. The minimum atomic E-state index is -0.167. The quantitative estimate of drug-likeness (QED) is 0.635. The van der Waals surface area contributed by atoms with Gasteiger partial charge in [0.2, 0.25) is 11.7 Å². The van der Waals surface area contributed by atoms with Crippen LogP contribution in [0.4, 0.5) is 5.69 Å². The summed E-state index contributed by atoms with van der Waals surface area (Å²) in [7, 11) is 6.02. The van der Waals surface area contributed by atoms with Crippen LogP contribution in [0.15, 0.2) is 30.3 Å². The van der Waals surface area contributed by atoms with Crippen LogP contribution in [0.25, 0.3) is 0 Å². The molecule has 1 N–H and O–H groups in total. The van der Waals surface area contributed by atoms with Crippen LogP contribution in [0.5, 0.6) is 28.7 Å². The van der Waals surface area contributed by atoms with Crippen molar-refractivity contribution in [2.45, 2.75) is 6.54 Å². The smallest absolute Gasteiger partial charge is 0.237 e. The third kappa shape index (κ3) is 4.57. The van der Waals surface area contributed by atoms with E-state index in [0.29, 0.717) is 28.7 Å². The molecule has 2 aromatic carbocycles. The molecule has 0 radical (unpaired) electrons. The number of amides is 1. The van der Waals surface area contributed by atoms with E-state index in [0.717, 1.165) is 5.56 Å². The van der Waals surface area contributed by atoms with Crippen molar-refractivity contribution in [3.8, 4) is 28.7 Å². The number of rotatable bonds is 8. The van der Waals surface area contributed by atoms with Gasteiger partial charge in [-0.3, -0.25) is 4.79 Å². The van der Waals surface area contributed by atoms with Crippen LogP contribution in [-0.4, -0.2) is 44.8 Å². The second-order valence-electron chi connectivity index (χ2n) is 5.50. The number of hydrogen-bond acceptors (Lipinski definition) is 6. The predicted molar refractivity (Wildman–Crippen MR) is 106 cm³/mol. The Labute approximate surface area is 166 Å². The van der Waals surface area contributed by atoms with Crippen molar-refractivity contribution in [1.82, 2.24) is 0 Å². The first kappa shape index (κ1) is 20.7. The van der Waals surface area contributed by atoms with Gasteiger partial charge >= 0.3 is 0 Å². The Bertz CT molecular complexity index is 786. The lowest BCUT2D eigenvalue weighted by molar-refractivity contribution is -0.116. The molecule has 0 saturated carbocycles. The molecule has 146 valence electrons. The zero-order chi connectivity index (χ0) is 20.0. The van der Waals surface area contributed by atoms with Gasteiger partial charge in [-0.15, -0.1) is 0 Å². The molecule has 0 aliphatic carbocycles. The Kier molecular flexibility index (Phi) is 7.18. The number of ether oxygens (including phenoxy) is 4. The van der Waals surface area contributed by atoms with Gasteiger partial charge in [-0.25, -0.2) is 0 Å². The van der Waals surface area contributed by atoms with E-state index in [-0.39, 0.29) is 23.5 Å². The molecule has 0 aliphatic heterocycles. The average molecular weight is 440 g/mol. The Morgan fingerprint density at radius 2 is 1.56 bits per heavy atom. The highest BCUT2D eigenvalue weighted by Crippen LogP contribution is 2.41. The van der Waals surface area contributed by atoms with Crippen molar-refractivity contribution in [2.75, 3.05) is 38.7 Å². The zero-order valence-electron chi connectivity index (χ0n) is 15.6. The molecule has 2 rings (SSSR count). The number of benzene rings is 2. The third-order valence-electron chi connectivity index (χ3n) is 3.96. The Morgan fingerprint density at radius 1 is 0.963 bits per heavy atom. The second-order valence-corrected chi connectivity index (χ2v) is 6.06. The number of hydrogen-bond donors (Lipinski definition) is 1. The molecule has 0 bridgehead atoms. The van der Waals surface area contributed by atoms with Gasteiger partial charge in [-0.05, 0) is 17.7 Å². The average Bonchev–Trinajstić information content (AvgIpc) is 2.70. The van der Waals surface area contributed by atoms with Crippen LogP contribution in [0.2, 0.25) is 0 Å². The Morgan fingerprint density at radius 3 is 2.00 bits per heavy atom. The molecule has 7 nitrogen and oxygen atoms in total. The topological polar surface area (TPSA) is 77.5 Å². The first-order valence-electron chi connectivity index (χ1n) is 8.01. The van der Waals surface area contributed by atoms with E-state index in [9.17, 15) is 9.90 Å². The number of carbonyl (C=O) groups excluding carboxylic acids is 1. The molecule has 0 spiro atoms. The number of carbonyl (C=O) groups is 1. The SMILES string of the molecule is COc1ccc(CN(C(=O)CBr)c2cc(OC)c(OC)c(OC)c2)cc1O. The van der Waals surface area contributed by atoms with Crippen LogP contribution in [0, 0.1) is 0 Å². The van der Waals surface area contributed by atoms with Crippen molar-refractivity contribution in [3.63, 3.8) is 0 Å². The summed E-state index contributed by atoms with van der Waals surface area (Å²) in [6, 6.07) is 8.39. The van der Waals surface area contributed by atoms with E-state index in [1.807, 2.05) is 0 Å². The second kappa shape index (κ2) is 9.36. The molecule has 0 saturated heterocycles. The Hall–Kier alpha value is -2.61. The highest BCUT2D eigenvalue weighted by atomic mass is 79.9. The third-order valence-corrected chi connectivity index (χ3v) is 4.44. The van der Waals surface area contributed by atoms with Gasteiger partial charge in [0.15, 0.2) is 23.0 Å². The molecule has 0 aromatic heterocycles. The van der Waals surface area contributed by atoms with E-state index in [1.165, 1.54) is 28.4 Å². The van der Waals surface area contributed by atoms with Gasteiger partial charge in [0.05, 0.1) is 46.0 Å². The van der Waals surface area contributed by atoms with Gasteiger partial charge in [0.1, 0.15) is 0 Å². The van der Waals surface area contributed by atoms with Crippen LogP contribution < -0.4 is 23.8 Å². The fourth-order valence-electron chi connectivity index (χ4n) is 2.64. The summed E-state index contributed by atoms with van der Waals surface area (Å²) in [5.74, 6) is 1.53. The molecular formula is C19H22BrNO6.